The molecule has 0 radical (unpaired) electrons. The number of thiophene rings is 1. The molecule has 0 unspecified atom stereocenters. The number of carbonyl (C=O) groups is 2. The van der Waals surface area contributed by atoms with E-state index in [4.69, 9.17) is 16.3 Å². The monoisotopic (exact) mass is 426 g/mol. The maximum absolute atomic E-state index is 12.2. The zero-order valence-electron chi connectivity index (χ0n) is 14.9. The maximum Gasteiger partial charge on any atom is 0.416 e. The molecule has 0 spiro atoms. The van der Waals surface area contributed by atoms with Gasteiger partial charge < -0.3 is 10.1 Å². The summed E-state index contributed by atoms with van der Waals surface area (Å²) >= 11 is 8.51. The molecule has 2 aliphatic rings. The average molecular weight is 427 g/mol. The highest BCUT2D eigenvalue weighted by Crippen LogP contribution is 2.50. The van der Waals surface area contributed by atoms with Crippen LogP contribution in [0.15, 0.2) is 17.5 Å². The Balaban J connectivity index is 1.37. The second-order valence-electron chi connectivity index (χ2n) is 6.87. The molecule has 2 fully saturated rings. The van der Waals surface area contributed by atoms with Crippen LogP contribution in [-0.4, -0.2) is 55.2 Å². The van der Waals surface area contributed by atoms with Gasteiger partial charge in [0.1, 0.15) is 6.10 Å². The smallest absolute Gasteiger partial charge is 0.416 e. The summed E-state index contributed by atoms with van der Waals surface area (Å²) in [6, 6.07) is 3.35. The summed E-state index contributed by atoms with van der Waals surface area (Å²) in [7, 11) is 4.10. The van der Waals surface area contributed by atoms with E-state index in [0.29, 0.717) is 20.9 Å². The van der Waals surface area contributed by atoms with Gasteiger partial charge in [-0.15, -0.1) is 22.7 Å². The van der Waals surface area contributed by atoms with Gasteiger partial charge in [-0.1, -0.05) is 11.6 Å². The van der Waals surface area contributed by atoms with Gasteiger partial charge in [0, 0.05) is 5.38 Å². The lowest BCUT2D eigenvalue weighted by molar-refractivity contribution is 0.0920. The second-order valence-corrected chi connectivity index (χ2v) is 9.42. The summed E-state index contributed by atoms with van der Waals surface area (Å²) in [5.74, 6) is -0.223. The molecule has 4 rings (SSSR count). The van der Waals surface area contributed by atoms with E-state index < -0.39 is 12.2 Å². The Kier molecular flexibility index (Phi) is 4.87. The Labute approximate surface area is 169 Å². The first-order chi connectivity index (χ1) is 12.9. The van der Waals surface area contributed by atoms with E-state index in [2.05, 4.69) is 29.3 Å². The summed E-state index contributed by atoms with van der Waals surface area (Å²) < 4.78 is 5.94. The summed E-state index contributed by atoms with van der Waals surface area (Å²) in [6.07, 6.45) is 1.32. The fourth-order valence-electron chi connectivity index (χ4n) is 3.17. The Hall–Kier alpha value is -1.68. The molecule has 10 heteroatoms. The number of ether oxygens (including phenoxy) is 1. The number of nitrogens with zero attached hydrogens (tertiary/aromatic N) is 3. The van der Waals surface area contributed by atoms with Gasteiger partial charge in [0.05, 0.1) is 33.5 Å². The molecule has 1 N–H and O–H groups in total. The average Bonchev–Trinajstić information content (AvgIpc) is 2.95. The summed E-state index contributed by atoms with van der Waals surface area (Å²) in [4.78, 5) is 33.3. The van der Waals surface area contributed by atoms with Gasteiger partial charge in [0.15, 0.2) is 5.13 Å². The van der Waals surface area contributed by atoms with E-state index in [1.807, 2.05) is 5.38 Å². The molecule has 2 aromatic rings. The van der Waals surface area contributed by atoms with Gasteiger partial charge in [-0.2, -0.15) is 0 Å². The molecule has 27 heavy (non-hydrogen) atoms. The van der Waals surface area contributed by atoms with Crippen molar-refractivity contribution in [2.24, 2.45) is 0 Å². The van der Waals surface area contributed by atoms with Gasteiger partial charge in [0.2, 0.25) is 0 Å². The summed E-state index contributed by atoms with van der Waals surface area (Å²) in [5, 5.41) is 5.45. The predicted molar refractivity (Wildman–Crippen MR) is 106 cm³/mol. The molecular formula is C17H19ClN4O3S2. The first-order valence-corrected chi connectivity index (χ1v) is 10.6. The molecule has 2 amide bonds. The van der Waals surface area contributed by atoms with Gasteiger partial charge in [-0.3, -0.25) is 9.69 Å². The topological polar surface area (TPSA) is 74.8 Å². The number of hydrogen-bond acceptors (Lipinski definition) is 7. The lowest BCUT2D eigenvalue weighted by Crippen LogP contribution is -2.34. The third-order valence-corrected chi connectivity index (χ3v) is 7.03. The molecule has 2 aromatic heterocycles. The Morgan fingerprint density at radius 1 is 1.48 bits per heavy atom. The number of hydrogen-bond donors (Lipinski definition) is 1. The third kappa shape index (κ3) is 3.56. The van der Waals surface area contributed by atoms with E-state index in [0.717, 1.165) is 18.5 Å². The van der Waals surface area contributed by atoms with Crippen molar-refractivity contribution in [3.05, 3.63) is 32.4 Å². The van der Waals surface area contributed by atoms with Crippen molar-refractivity contribution in [3.8, 4) is 0 Å². The number of thiazole rings is 1. The number of halogens is 1. The highest BCUT2D eigenvalue weighted by Gasteiger charge is 2.49. The van der Waals surface area contributed by atoms with Crippen molar-refractivity contribution < 1.29 is 14.3 Å². The van der Waals surface area contributed by atoms with E-state index >= 15 is 0 Å². The molecule has 1 saturated heterocycles. The van der Waals surface area contributed by atoms with Crippen molar-refractivity contribution in [2.45, 2.75) is 24.5 Å². The number of carbonyl (C=O) groups excluding carboxylic acids is 2. The molecule has 1 atom stereocenters. The number of anilines is 1. The lowest BCUT2D eigenvalue weighted by Gasteiger charge is -2.21. The second kappa shape index (κ2) is 7.05. The number of nitrogens with one attached hydrogen (secondary N) is 1. The first-order valence-electron chi connectivity index (χ1n) is 8.54. The zero-order chi connectivity index (χ0) is 19.2. The Morgan fingerprint density at radius 2 is 2.26 bits per heavy atom. The van der Waals surface area contributed by atoms with Crippen molar-refractivity contribution >= 4 is 51.4 Å². The minimum absolute atomic E-state index is 0.00768. The molecule has 7 nitrogen and oxygen atoms in total. The van der Waals surface area contributed by atoms with Crippen LogP contribution in [-0.2, 0) is 10.3 Å². The highest BCUT2D eigenvalue weighted by molar-refractivity contribution is 7.18. The number of aromatic nitrogens is 1. The van der Waals surface area contributed by atoms with Gasteiger partial charge >= 0.3 is 6.09 Å². The van der Waals surface area contributed by atoms with Gasteiger partial charge in [-0.25, -0.2) is 14.7 Å². The molecule has 0 aromatic carbocycles. The van der Waals surface area contributed by atoms with Crippen molar-refractivity contribution in [1.29, 1.82) is 0 Å². The van der Waals surface area contributed by atoms with Crippen LogP contribution in [0.5, 0.6) is 0 Å². The fraction of sp³-hybridized carbons (Fsp3) is 0.471. The molecular weight excluding hydrogens is 408 g/mol. The van der Waals surface area contributed by atoms with Crippen LogP contribution in [0.4, 0.5) is 9.93 Å². The lowest BCUT2D eigenvalue weighted by atomic mass is 10.2. The molecule has 1 aliphatic heterocycles. The van der Waals surface area contributed by atoms with Crippen molar-refractivity contribution in [1.82, 2.24) is 15.2 Å². The van der Waals surface area contributed by atoms with Crippen molar-refractivity contribution in [3.63, 3.8) is 0 Å². The third-order valence-electron chi connectivity index (χ3n) is 4.94. The van der Waals surface area contributed by atoms with Crippen LogP contribution in [0, 0.1) is 0 Å². The molecule has 3 heterocycles. The van der Waals surface area contributed by atoms with Crippen molar-refractivity contribution in [2.75, 3.05) is 32.1 Å². The van der Waals surface area contributed by atoms with Crippen LogP contribution in [0.3, 0.4) is 0 Å². The SMILES string of the molecule is CN(C)C1(c2csc(N3C[C@H](CNC(=O)c4ccc(Cl)s4)OC3=O)n2)CC1. The fourth-order valence-corrected chi connectivity index (χ4v) is 5.04. The van der Waals surface area contributed by atoms with E-state index in [9.17, 15) is 9.59 Å². The summed E-state index contributed by atoms with van der Waals surface area (Å²) in [6.45, 7) is 0.614. The van der Waals surface area contributed by atoms with Gasteiger partial charge in [0.25, 0.3) is 5.91 Å². The van der Waals surface area contributed by atoms with E-state index in [-0.39, 0.29) is 18.0 Å². The predicted octanol–water partition coefficient (Wildman–Crippen LogP) is 3.16. The number of cyclic esters (lactones) is 1. The molecule has 1 aliphatic carbocycles. The first kappa shape index (κ1) is 18.7. The van der Waals surface area contributed by atoms with E-state index in [1.165, 1.54) is 22.7 Å². The Bertz CT molecular complexity index is 877. The van der Waals surface area contributed by atoms with Crippen LogP contribution in [0.2, 0.25) is 4.34 Å². The Morgan fingerprint density at radius 3 is 2.89 bits per heavy atom. The van der Waals surface area contributed by atoms with Crippen LogP contribution in [0.1, 0.15) is 28.2 Å². The number of rotatable bonds is 6. The standard InChI is InChI=1S/C17H19ClN4O3S2/c1-21(2)17(5-6-17)12-9-26-15(20-12)22-8-10(25-16(22)24)7-19-14(23)11-3-4-13(18)27-11/h3-4,9-10H,5-8H2,1-2H3,(H,19,23)/t10-/m0/s1. The van der Waals surface area contributed by atoms with Crippen LogP contribution < -0.4 is 10.2 Å². The zero-order valence-corrected chi connectivity index (χ0v) is 17.3. The van der Waals surface area contributed by atoms with E-state index in [1.54, 1.807) is 17.0 Å². The largest absolute Gasteiger partial charge is 0.442 e. The minimum Gasteiger partial charge on any atom is -0.442 e. The molecule has 0 bridgehead atoms. The number of amides is 2. The summed E-state index contributed by atoms with van der Waals surface area (Å²) in [5.41, 5.74) is 1.01. The van der Waals surface area contributed by atoms with Crippen LogP contribution >= 0.6 is 34.3 Å². The quantitative estimate of drug-likeness (QED) is 0.767. The maximum atomic E-state index is 12.2. The normalized spacial score (nSPS) is 20.8. The highest BCUT2D eigenvalue weighted by atomic mass is 35.5. The van der Waals surface area contributed by atoms with Gasteiger partial charge in [-0.05, 0) is 39.1 Å². The minimum atomic E-state index is -0.427. The van der Waals surface area contributed by atoms with Crippen LogP contribution in [0.25, 0.3) is 0 Å². The molecule has 144 valence electrons. The molecule has 1 saturated carbocycles.